The van der Waals surface area contributed by atoms with Crippen molar-refractivity contribution in [1.29, 1.82) is 0 Å². The smallest absolute Gasteiger partial charge is 0.267 e. The molecule has 0 aromatic carbocycles. The van der Waals surface area contributed by atoms with E-state index in [1.165, 1.54) is 0 Å². The summed E-state index contributed by atoms with van der Waals surface area (Å²) in [7, 11) is 1.75. The number of amides is 1. The molecule has 104 valence electrons. The van der Waals surface area contributed by atoms with Crippen LogP contribution < -0.4 is 0 Å². The van der Waals surface area contributed by atoms with Crippen molar-refractivity contribution in [2.75, 3.05) is 7.05 Å². The average molecular weight is 264 g/mol. The second-order valence-corrected chi connectivity index (χ2v) is 5.24. The summed E-state index contributed by atoms with van der Waals surface area (Å²) < 4.78 is 5.46. The molecule has 0 radical (unpaired) electrons. The lowest BCUT2D eigenvalue weighted by Crippen LogP contribution is -2.36. The van der Waals surface area contributed by atoms with Crippen LogP contribution in [0.5, 0.6) is 0 Å². The molecule has 0 saturated heterocycles. The number of carbonyl (C=O) groups excluding carboxylic acids is 1. The minimum absolute atomic E-state index is 0.0616. The van der Waals surface area contributed by atoms with Crippen molar-refractivity contribution in [2.24, 2.45) is 11.1 Å². The van der Waals surface area contributed by atoms with Crippen molar-refractivity contribution in [3.05, 3.63) is 23.7 Å². The molecule has 0 aliphatic carbocycles. The van der Waals surface area contributed by atoms with Gasteiger partial charge in [-0.15, -0.1) is 0 Å². The minimum atomic E-state index is -0.488. The topological polar surface area (TPSA) is 55.0 Å². The summed E-state index contributed by atoms with van der Waals surface area (Å²) in [5.74, 6) is 1.87. The van der Waals surface area contributed by atoms with E-state index in [9.17, 15) is 4.79 Å². The fourth-order valence-corrected chi connectivity index (χ4v) is 2.00. The summed E-state index contributed by atoms with van der Waals surface area (Å²) in [6.45, 7) is 6.42. The molecule has 0 bridgehead atoms. The molecule has 1 aromatic heterocycles. The second kappa shape index (κ2) is 5.47. The molecule has 5 heteroatoms. The largest absolute Gasteiger partial charge is 0.464 e. The van der Waals surface area contributed by atoms with Gasteiger partial charge in [-0.25, -0.2) is 0 Å². The van der Waals surface area contributed by atoms with Crippen molar-refractivity contribution in [3.8, 4) is 0 Å². The van der Waals surface area contributed by atoms with E-state index in [1.807, 2.05) is 32.9 Å². The molecule has 2 heterocycles. The SMILES string of the molecule is Cc1ccc(CN(C)C(=O)[C@H]2CC(C(C)C)=NO2)o1. The van der Waals surface area contributed by atoms with Crippen LogP contribution in [-0.4, -0.2) is 29.7 Å². The van der Waals surface area contributed by atoms with Crippen LogP contribution in [0.3, 0.4) is 0 Å². The molecule has 1 aromatic rings. The number of aryl methyl sites for hydroxylation is 1. The van der Waals surface area contributed by atoms with Crippen LogP contribution in [0.1, 0.15) is 31.8 Å². The predicted octanol–water partition coefficient (Wildman–Crippen LogP) is 2.35. The predicted molar refractivity (Wildman–Crippen MR) is 71.7 cm³/mol. The third-order valence-corrected chi connectivity index (χ3v) is 3.20. The van der Waals surface area contributed by atoms with Crippen LogP contribution in [0.4, 0.5) is 0 Å². The van der Waals surface area contributed by atoms with Gasteiger partial charge >= 0.3 is 0 Å². The molecular formula is C14H20N2O3. The van der Waals surface area contributed by atoms with E-state index in [2.05, 4.69) is 5.16 Å². The molecule has 1 aliphatic rings. The molecule has 1 amide bonds. The number of hydrogen-bond donors (Lipinski definition) is 0. The van der Waals surface area contributed by atoms with Gasteiger partial charge in [0.25, 0.3) is 5.91 Å². The number of rotatable bonds is 4. The van der Waals surface area contributed by atoms with Gasteiger partial charge in [0, 0.05) is 13.5 Å². The van der Waals surface area contributed by atoms with Crippen LogP contribution >= 0.6 is 0 Å². The highest BCUT2D eigenvalue weighted by Crippen LogP contribution is 2.18. The van der Waals surface area contributed by atoms with E-state index in [0.717, 1.165) is 17.2 Å². The fraction of sp³-hybridized carbons (Fsp3) is 0.571. The van der Waals surface area contributed by atoms with Gasteiger partial charge in [0.2, 0.25) is 6.10 Å². The van der Waals surface area contributed by atoms with Gasteiger partial charge in [0.05, 0.1) is 12.3 Å². The van der Waals surface area contributed by atoms with Crippen molar-refractivity contribution >= 4 is 11.6 Å². The quantitative estimate of drug-likeness (QED) is 0.838. The van der Waals surface area contributed by atoms with E-state index in [4.69, 9.17) is 9.25 Å². The maximum Gasteiger partial charge on any atom is 0.267 e. The second-order valence-electron chi connectivity index (χ2n) is 5.24. The Labute approximate surface area is 113 Å². The van der Waals surface area contributed by atoms with Gasteiger partial charge in [0.1, 0.15) is 11.5 Å². The number of hydrogen-bond acceptors (Lipinski definition) is 4. The first-order valence-electron chi connectivity index (χ1n) is 6.50. The van der Waals surface area contributed by atoms with Gasteiger partial charge in [-0.1, -0.05) is 19.0 Å². The normalized spacial score (nSPS) is 18.4. The molecule has 1 aliphatic heterocycles. The summed E-state index contributed by atoms with van der Waals surface area (Å²) in [5, 5.41) is 3.98. The van der Waals surface area contributed by atoms with Crippen LogP contribution in [-0.2, 0) is 16.2 Å². The Bertz CT molecular complexity index is 491. The monoisotopic (exact) mass is 264 g/mol. The molecular weight excluding hydrogens is 244 g/mol. The zero-order valence-electron chi connectivity index (χ0n) is 11.8. The number of likely N-dealkylation sites (N-methyl/N-ethyl adjacent to an activating group) is 1. The van der Waals surface area contributed by atoms with Crippen LogP contribution in [0.25, 0.3) is 0 Å². The van der Waals surface area contributed by atoms with Gasteiger partial charge in [-0.3, -0.25) is 4.79 Å². The first kappa shape index (κ1) is 13.6. The summed E-state index contributed by atoms with van der Waals surface area (Å²) in [6.07, 6.45) is 0.0938. The van der Waals surface area contributed by atoms with Crippen LogP contribution in [0, 0.1) is 12.8 Å². The van der Waals surface area contributed by atoms with Gasteiger partial charge < -0.3 is 14.2 Å². The highest BCUT2D eigenvalue weighted by molar-refractivity contribution is 5.93. The zero-order chi connectivity index (χ0) is 14.0. The lowest BCUT2D eigenvalue weighted by Gasteiger charge is -2.18. The Morgan fingerprint density at radius 3 is 2.79 bits per heavy atom. The Hall–Kier alpha value is -1.78. The van der Waals surface area contributed by atoms with Crippen molar-refractivity contribution in [1.82, 2.24) is 4.90 Å². The summed E-state index contributed by atoms with van der Waals surface area (Å²) in [6, 6.07) is 3.77. The molecule has 0 fully saturated rings. The third kappa shape index (κ3) is 3.16. The number of oxime groups is 1. The summed E-state index contributed by atoms with van der Waals surface area (Å²) in [4.78, 5) is 19.0. The maximum atomic E-state index is 12.2. The summed E-state index contributed by atoms with van der Waals surface area (Å²) in [5.41, 5.74) is 0.945. The Balaban J connectivity index is 1.90. The number of nitrogens with zero attached hydrogens (tertiary/aromatic N) is 2. The fourth-order valence-electron chi connectivity index (χ4n) is 2.00. The van der Waals surface area contributed by atoms with Crippen LogP contribution in [0.15, 0.2) is 21.7 Å². The average Bonchev–Trinajstić information content (AvgIpc) is 2.97. The zero-order valence-corrected chi connectivity index (χ0v) is 11.8. The van der Waals surface area contributed by atoms with E-state index >= 15 is 0 Å². The maximum absolute atomic E-state index is 12.2. The highest BCUT2D eigenvalue weighted by atomic mass is 16.6. The van der Waals surface area contributed by atoms with E-state index in [-0.39, 0.29) is 5.91 Å². The van der Waals surface area contributed by atoms with Crippen molar-refractivity contribution in [2.45, 2.75) is 39.8 Å². The van der Waals surface area contributed by atoms with E-state index in [1.54, 1.807) is 11.9 Å². The van der Waals surface area contributed by atoms with Crippen molar-refractivity contribution < 1.29 is 14.0 Å². The molecule has 2 rings (SSSR count). The Kier molecular flexibility index (Phi) is 3.93. The molecule has 0 N–H and O–H groups in total. The van der Waals surface area contributed by atoms with Crippen LogP contribution in [0.2, 0.25) is 0 Å². The minimum Gasteiger partial charge on any atom is -0.464 e. The summed E-state index contributed by atoms with van der Waals surface area (Å²) >= 11 is 0. The van der Waals surface area contributed by atoms with Gasteiger partial charge in [0.15, 0.2) is 0 Å². The van der Waals surface area contributed by atoms with Gasteiger partial charge in [-0.05, 0) is 25.0 Å². The standard InChI is InChI=1S/C14H20N2O3/c1-9(2)12-7-13(19-15-12)14(17)16(4)8-11-6-5-10(3)18-11/h5-6,9,13H,7-8H2,1-4H3/t13-/m1/s1. The Morgan fingerprint density at radius 2 is 2.26 bits per heavy atom. The molecule has 5 nitrogen and oxygen atoms in total. The van der Waals surface area contributed by atoms with Crippen molar-refractivity contribution in [3.63, 3.8) is 0 Å². The highest BCUT2D eigenvalue weighted by Gasteiger charge is 2.31. The first-order chi connectivity index (χ1) is 8.97. The Morgan fingerprint density at radius 1 is 1.53 bits per heavy atom. The lowest BCUT2D eigenvalue weighted by atomic mass is 10.0. The molecule has 1 atom stereocenters. The third-order valence-electron chi connectivity index (χ3n) is 3.20. The first-order valence-corrected chi connectivity index (χ1v) is 6.50. The van der Waals surface area contributed by atoms with Gasteiger partial charge in [-0.2, -0.15) is 0 Å². The molecule has 0 saturated carbocycles. The molecule has 0 spiro atoms. The number of furan rings is 1. The molecule has 19 heavy (non-hydrogen) atoms. The lowest BCUT2D eigenvalue weighted by molar-refractivity contribution is -0.141. The number of carbonyl (C=O) groups is 1. The van der Waals surface area contributed by atoms with E-state index in [0.29, 0.717) is 18.9 Å². The molecule has 0 unspecified atom stereocenters. The van der Waals surface area contributed by atoms with E-state index < -0.39 is 6.10 Å².